The van der Waals surface area contributed by atoms with Gasteiger partial charge in [-0.25, -0.2) is 0 Å². The number of hydrogen-bond donors (Lipinski definition) is 0. The molecule has 0 bridgehead atoms. The van der Waals surface area contributed by atoms with Crippen molar-refractivity contribution in [2.75, 3.05) is 0 Å². The largest absolute Gasteiger partial charge is 0.0616 e. The first-order chi connectivity index (χ1) is 30.8. The normalized spacial score (nSPS) is 11.9. The molecule has 13 aromatic rings. The van der Waals surface area contributed by atoms with Crippen LogP contribution in [0.2, 0.25) is 0 Å². The minimum atomic E-state index is 1.22. The second-order valence-corrected chi connectivity index (χ2v) is 16.7. The highest BCUT2D eigenvalue weighted by atomic mass is 14.2. The summed E-state index contributed by atoms with van der Waals surface area (Å²) in [5.74, 6) is 0. The lowest BCUT2D eigenvalue weighted by Crippen LogP contribution is -1.92. The molecule has 0 aliphatic carbocycles. The Morgan fingerprint density at radius 1 is 0.177 bits per heavy atom. The maximum Gasteiger partial charge on any atom is -0.00262 e. The Labute approximate surface area is 359 Å². The highest BCUT2D eigenvalue weighted by Crippen LogP contribution is 2.47. The van der Waals surface area contributed by atoms with E-state index < -0.39 is 0 Å². The second-order valence-electron chi connectivity index (χ2n) is 16.7. The van der Waals surface area contributed by atoms with Crippen LogP contribution in [-0.4, -0.2) is 0 Å². The van der Waals surface area contributed by atoms with Gasteiger partial charge in [-0.05, 0) is 155 Å². The summed E-state index contributed by atoms with van der Waals surface area (Å²) in [6.45, 7) is 0. The summed E-state index contributed by atoms with van der Waals surface area (Å²) >= 11 is 0. The first kappa shape index (κ1) is 34.8. The number of rotatable bonds is 4. The van der Waals surface area contributed by atoms with Crippen LogP contribution in [0.25, 0.3) is 131 Å². The van der Waals surface area contributed by atoms with Crippen molar-refractivity contribution in [3.8, 4) is 44.5 Å². The van der Waals surface area contributed by atoms with Crippen molar-refractivity contribution >= 4 is 86.2 Å². The Balaban J connectivity index is 1.01. The number of benzene rings is 13. The average Bonchev–Trinajstić information content (AvgIpc) is 3.34. The quantitative estimate of drug-likeness (QED) is 0.123. The van der Waals surface area contributed by atoms with E-state index in [0.29, 0.717) is 0 Å². The fourth-order valence-electron chi connectivity index (χ4n) is 10.7. The van der Waals surface area contributed by atoms with E-state index in [0.717, 1.165) is 0 Å². The second kappa shape index (κ2) is 13.7. The van der Waals surface area contributed by atoms with Gasteiger partial charge in [-0.2, -0.15) is 0 Å². The van der Waals surface area contributed by atoms with E-state index in [1.165, 1.54) is 131 Å². The van der Waals surface area contributed by atoms with Crippen LogP contribution in [0.4, 0.5) is 0 Å². The van der Waals surface area contributed by atoms with Gasteiger partial charge in [0, 0.05) is 0 Å². The lowest BCUT2D eigenvalue weighted by Gasteiger charge is -2.19. The Bertz CT molecular complexity index is 3660. The average molecular weight is 783 g/mol. The number of hydrogen-bond acceptors (Lipinski definition) is 0. The SMILES string of the molecule is c1cc(-c2c3ccccc3c(-c3cccc(-c4cc5ccc6ccccc6c5c5ccccc45)c3)c3ccccc23)cc(-c2cc3ccc4ccccc4c3c3ccccc23)c1. The lowest BCUT2D eigenvalue weighted by atomic mass is 9.84. The zero-order chi connectivity index (χ0) is 40.7. The van der Waals surface area contributed by atoms with Crippen LogP contribution in [0.5, 0.6) is 0 Å². The van der Waals surface area contributed by atoms with Gasteiger partial charge in [-0.1, -0.05) is 206 Å². The minimum Gasteiger partial charge on any atom is -0.0616 e. The van der Waals surface area contributed by atoms with Gasteiger partial charge in [0.1, 0.15) is 0 Å². The summed E-state index contributed by atoms with van der Waals surface area (Å²) in [5.41, 5.74) is 9.90. The van der Waals surface area contributed by atoms with Crippen molar-refractivity contribution in [1.29, 1.82) is 0 Å². The Kier molecular flexibility index (Phi) is 7.71. The van der Waals surface area contributed by atoms with E-state index in [-0.39, 0.29) is 0 Å². The topological polar surface area (TPSA) is 0 Å². The standard InChI is InChI=1S/C62H38/c1-3-21-47-39(15-1)31-33-45-37-57(49-23-5-7-25-51(49)59(45)47)41-17-13-19-43(35-41)61-53-27-9-11-29-55(53)62(56-30-12-10-28-54(56)61)44-20-14-18-42(36-44)58-38-46-34-32-40-16-2-4-22-48(40)60(46)52-26-8-6-24-50(52)58/h1-38H. The van der Waals surface area contributed by atoms with E-state index in [9.17, 15) is 0 Å². The molecule has 0 aliphatic rings. The molecule has 0 N–H and O–H groups in total. The highest BCUT2D eigenvalue weighted by molar-refractivity contribution is 6.26. The summed E-state index contributed by atoms with van der Waals surface area (Å²) in [6, 6.07) is 85.7. The molecule has 0 radical (unpaired) electrons. The summed E-state index contributed by atoms with van der Waals surface area (Å²) in [4.78, 5) is 0. The molecule has 0 amide bonds. The third-order valence-electron chi connectivity index (χ3n) is 13.4. The minimum absolute atomic E-state index is 1.22. The smallest absolute Gasteiger partial charge is 0.00262 e. The van der Waals surface area contributed by atoms with Crippen molar-refractivity contribution in [3.63, 3.8) is 0 Å². The molecule has 62 heavy (non-hydrogen) atoms. The van der Waals surface area contributed by atoms with Gasteiger partial charge in [0.05, 0.1) is 0 Å². The molecule has 0 heterocycles. The molecule has 0 fully saturated rings. The van der Waals surface area contributed by atoms with Crippen LogP contribution < -0.4 is 0 Å². The fraction of sp³-hybridized carbons (Fsp3) is 0. The van der Waals surface area contributed by atoms with Crippen LogP contribution in [-0.2, 0) is 0 Å². The lowest BCUT2D eigenvalue weighted by molar-refractivity contribution is 1.63. The summed E-state index contributed by atoms with van der Waals surface area (Å²) < 4.78 is 0. The third kappa shape index (κ3) is 5.27. The molecule has 13 aromatic carbocycles. The summed E-state index contributed by atoms with van der Waals surface area (Å²) in [5, 5.41) is 20.4. The van der Waals surface area contributed by atoms with Gasteiger partial charge in [0.15, 0.2) is 0 Å². The maximum absolute atomic E-state index is 2.41. The van der Waals surface area contributed by atoms with Gasteiger partial charge >= 0.3 is 0 Å². The summed E-state index contributed by atoms with van der Waals surface area (Å²) in [7, 11) is 0. The van der Waals surface area contributed by atoms with Gasteiger partial charge in [-0.15, -0.1) is 0 Å². The first-order valence-electron chi connectivity index (χ1n) is 21.6. The summed E-state index contributed by atoms with van der Waals surface area (Å²) in [6.07, 6.45) is 0. The third-order valence-corrected chi connectivity index (χ3v) is 13.4. The van der Waals surface area contributed by atoms with Crippen molar-refractivity contribution in [3.05, 3.63) is 231 Å². The van der Waals surface area contributed by atoms with E-state index >= 15 is 0 Å². The van der Waals surface area contributed by atoms with Crippen LogP contribution in [0.15, 0.2) is 231 Å². The van der Waals surface area contributed by atoms with Crippen LogP contribution in [0, 0.1) is 0 Å². The van der Waals surface area contributed by atoms with Crippen LogP contribution in [0.3, 0.4) is 0 Å². The van der Waals surface area contributed by atoms with Crippen LogP contribution in [0.1, 0.15) is 0 Å². The molecule has 0 saturated carbocycles. The molecular weight excluding hydrogens is 745 g/mol. The van der Waals surface area contributed by atoms with E-state index in [1.54, 1.807) is 0 Å². The van der Waals surface area contributed by atoms with Gasteiger partial charge in [-0.3, -0.25) is 0 Å². The molecule has 0 atom stereocenters. The molecule has 0 heteroatoms. The van der Waals surface area contributed by atoms with Gasteiger partial charge in [0.25, 0.3) is 0 Å². The molecule has 0 aliphatic heterocycles. The van der Waals surface area contributed by atoms with E-state index in [2.05, 4.69) is 231 Å². The van der Waals surface area contributed by atoms with Crippen LogP contribution >= 0.6 is 0 Å². The molecule has 0 unspecified atom stereocenters. The monoisotopic (exact) mass is 782 g/mol. The predicted octanol–water partition coefficient (Wildman–Crippen LogP) is 17.6. The van der Waals surface area contributed by atoms with E-state index in [4.69, 9.17) is 0 Å². The highest BCUT2D eigenvalue weighted by Gasteiger charge is 2.19. The molecule has 0 nitrogen and oxygen atoms in total. The molecule has 0 aromatic heterocycles. The van der Waals surface area contributed by atoms with Crippen molar-refractivity contribution < 1.29 is 0 Å². The maximum atomic E-state index is 2.41. The Morgan fingerprint density at radius 2 is 0.484 bits per heavy atom. The fourth-order valence-corrected chi connectivity index (χ4v) is 10.7. The van der Waals surface area contributed by atoms with Gasteiger partial charge < -0.3 is 0 Å². The van der Waals surface area contributed by atoms with E-state index in [1.807, 2.05) is 0 Å². The van der Waals surface area contributed by atoms with Gasteiger partial charge in [0.2, 0.25) is 0 Å². The van der Waals surface area contributed by atoms with Crippen molar-refractivity contribution in [1.82, 2.24) is 0 Å². The Morgan fingerprint density at radius 3 is 0.887 bits per heavy atom. The first-order valence-corrected chi connectivity index (χ1v) is 21.6. The van der Waals surface area contributed by atoms with Crippen molar-refractivity contribution in [2.24, 2.45) is 0 Å². The zero-order valence-corrected chi connectivity index (χ0v) is 33.9. The molecule has 0 spiro atoms. The molecular formula is C62H38. The van der Waals surface area contributed by atoms with Crippen molar-refractivity contribution in [2.45, 2.75) is 0 Å². The number of fused-ring (bicyclic) bond motifs is 12. The Hall–Kier alpha value is -8.06. The molecule has 286 valence electrons. The predicted molar refractivity (Wildman–Crippen MR) is 268 cm³/mol. The zero-order valence-electron chi connectivity index (χ0n) is 33.9. The molecule has 13 rings (SSSR count). The molecule has 0 saturated heterocycles.